The molecular weight excluding hydrogens is 168 g/mol. The first-order chi connectivity index (χ1) is 5.88. The molecule has 0 aliphatic heterocycles. The largest absolute Gasteiger partial charge is 0.315 e. The number of hydrogen-bond donors (Lipinski definition) is 2. The van der Waals surface area contributed by atoms with E-state index in [0.717, 1.165) is 13.1 Å². The minimum absolute atomic E-state index is 0.463. The van der Waals surface area contributed by atoms with Gasteiger partial charge in [-0.25, -0.2) is 0 Å². The Morgan fingerprint density at radius 1 is 1.58 bits per heavy atom. The van der Waals surface area contributed by atoms with Gasteiger partial charge in [-0.15, -0.1) is 11.3 Å². The van der Waals surface area contributed by atoms with Crippen LogP contribution in [-0.4, -0.2) is 20.1 Å². The van der Waals surface area contributed by atoms with E-state index in [1.807, 2.05) is 7.05 Å². The Hall–Kier alpha value is -0.380. The van der Waals surface area contributed by atoms with Gasteiger partial charge < -0.3 is 10.6 Å². The second-order valence-electron chi connectivity index (χ2n) is 2.66. The minimum Gasteiger partial charge on any atom is -0.315 e. The average molecular weight is 184 g/mol. The van der Waals surface area contributed by atoms with Crippen LogP contribution < -0.4 is 10.6 Å². The summed E-state index contributed by atoms with van der Waals surface area (Å²) in [6.07, 6.45) is 0. The third-order valence-electron chi connectivity index (χ3n) is 1.83. The van der Waals surface area contributed by atoms with Gasteiger partial charge in [-0.2, -0.15) is 0 Å². The molecule has 3 heteroatoms. The second-order valence-corrected chi connectivity index (χ2v) is 3.64. The fourth-order valence-corrected chi connectivity index (χ4v) is 1.96. The summed E-state index contributed by atoms with van der Waals surface area (Å²) in [5, 5.41) is 8.74. The van der Waals surface area contributed by atoms with E-state index in [0.29, 0.717) is 6.04 Å². The third-order valence-corrected chi connectivity index (χ3v) is 2.82. The maximum absolute atomic E-state index is 3.33. The molecule has 2 nitrogen and oxygen atoms in total. The van der Waals surface area contributed by atoms with Gasteiger partial charge >= 0.3 is 0 Å². The Morgan fingerprint density at radius 3 is 2.92 bits per heavy atom. The van der Waals surface area contributed by atoms with Crippen molar-refractivity contribution in [2.24, 2.45) is 0 Å². The molecule has 0 aliphatic carbocycles. The zero-order valence-electron chi connectivity index (χ0n) is 7.63. The van der Waals surface area contributed by atoms with Crippen LogP contribution in [0.1, 0.15) is 17.8 Å². The van der Waals surface area contributed by atoms with E-state index in [1.165, 1.54) is 4.88 Å². The van der Waals surface area contributed by atoms with Gasteiger partial charge in [0.05, 0.1) is 6.04 Å². The predicted octanol–water partition coefficient (Wildman–Crippen LogP) is 1.62. The molecular formula is C9H16N2S. The lowest BCUT2D eigenvalue weighted by Gasteiger charge is -2.14. The molecule has 68 valence electrons. The van der Waals surface area contributed by atoms with Crippen LogP contribution in [0.25, 0.3) is 0 Å². The molecule has 0 spiro atoms. The van der Waals surface area contributed by atoms with Gasteiger partial charge in [0.2, 0.25) is 0 Å². The first kappa shape index (κ1) is 9.71. The van der Waals surface area contributed by atoms with E-state index in [1.54, 1.807) is 11.3 Å². The molecule has 0 aromatic carbocycles. The first-order valence-corrected chi connectivity index (χ1v) is 5.17. The molecule has 0 radical (unpaired) electrons. The van der Waals surface area contributed by atoms with Gasteiger partial charge in [0.25, 0.3) is 0 Å². The Labute approximate surface area is 78.0 Å². The Balaban J connectivity index is 2.45. The van der Waals surface area contributed by atoms with E-state index >= 15 is 0 Å². The van der Waals surface area contributed by atoms with Gasteiger partial charge in [-0.3, -0.25) is 0 Å². The normalized spacial score (nSPS) is 13.2. The SMILES string of the molecule is CCNCC(NC)c1cccs1. The number of hydrogen-bond acceptors (Lipinski definition) is 3. The molecule has 1 heterocycles. The lowest BCUT2D eigenvalue weighted by atomic mass is 10.2. The molecule has 12 heavy (non-hydrogen) atoms. The van der Waals surface area contributed by atoms with Crippen molar-refractivity contribution in [3.05, 3.63) is 22.4 Å². The molecule has 1 aromatic rings. The van der Waals surface area contributed by atoms with Crippen molar-refractivity contribution in [1.29, 1.82) is 0 Å². The van der Waals surface area contributed by atoms with Crippen LogP contribution in [0.15, 0.2) is 17.5 Å². The van der Waals surface area contributed by atoms with Crippen LogP contribution in [0, 0.1) is 0 Å². The molecule has 0 fully saturated rings. The average Bonchev–Trinajstić information content (AvgIpc) is 2.59. The fourth-order valence-electron chi connectivity index (χ4n) is 1.12. The van der Waals surface area contributed by atoms with Gasteiger partial charge in [-0.1, -0.05) is 13.0 Å². The maximum Gasteiger partial charge on any atom is 0.0539 e. The van der Waals surface area contributed by atoms with Gasteiger partial charge in [-0.05, 0) is 25.0 Å². The summed E-state index contributed by atoms with van der Waals surface area (Å²) in [7, 11) is 2.00. The van der Waals surface area contributed by atoms with Gasteiger partial charge in [0.15, 0.2) is 0 Å². The van der Waals surface area contributed by atoms with E-state index in [-0.39, 0.29) is 0 Å². The van der Waals surface area contributed by atoms with E-state index in [9.17, 15) is 0 Å². The molecule has 1 unspecified atom stereocenters. The Morgan fingerprint density at radius 2 is 2.42 bits per heavy atom. The lowest BCUT2D eigenvalue weighted by molar-refractivity contribution is 0.545. The fraction of sp³-hybridized carbons (Fsp3) is 0.556. The summed E-state index contributed by atoms with van der Waals surface area (Å²) in [4.78, 5) is 1.40. The molecule has 1 atom stereocenters. The van der Waals surface area contributed by atoms with E-state index in [2.05, 4.69) is 35.1 Å². The molecule has 0 aliphatic rings. The van der Waals surface area contributed by atoms with Crippen molar-refractivity contribution in [1.82, 2.24) is 10.6 Å². The Bertz CT molecular complexity index is 196. The predicted molar refractivity (Wildman–Crippen MR) is 54.7 cm³/mol. The zero-order valence-corrected chi connectivity index (χ0v) is 8.45. The van der Waals surface area contributed by atoms with Crippen molar-refractivity contribution >= 4 is 11.3 Å². The molecule has 1 aromatic heterocycles. The number of thiophene rings is 1. The standard InChI is InChI=1S/C9H16N2S/c1-3-11-7-8(10-2)9-5-4-6-12-9/h4-6,8,10-11H,3,7H2,1-2H3. The molecule has 2 N–H and O–H groups in total. The van der Waals surface area contributed by atoms with Crippen molar-refractivity contribution in [2.75, 3.05) is 20.1 Å². The Kier molecular flexibility index (Phi) is 4.29. The van der Waals surface area contributed by atoms with Crippen LogP contribution in [0.2, 0.25) is 0 Å². The summed E-state index contributed by atoms with van der Waals surface area (Å²) in [5.74, 6) is 0. The van der Waals surface area contributed by atoms with Crippen LogP contribution in [-0.2, 0) is 0 Å². The zero-order chi connectivity index (χ0) is 8.81. The summed E-state index contributed by atoms with van der Waals surface area (Å²) < 4.78 is 0. The van der Waals surface area contributed by atoms with Crippen LogP contribution in [0.5, 0.6) is 0 Å². The quantitative estimate of drug-likeness (QED) is 0.726. The van der Waals surface area contributed by atoms with Crippen LogP contribution in [0.3, 0.4) is 0 Å². The summed E-state index contributed by atoms with van der Waals surface area (Å²) >= 11 is 1.80. The van der Waals surface area contributed by atoms with Gasteiger partial charge in [0.1, 0.15) is 0 Å². The van der Waals surface area contributed by atoms with Crippen molar-refractivity contribution in [2.45, 2.75) is 13.0 Å². The van der Waals surface area contributed by atoms with Gasteiger partial charge in [0, 0.05) is 11.4 Å². The minimum atomic E-state index is 0.463. The number of nitrogens with one attached hydrogen (secondary N) is 2. The van der Waals surface area contributed by atoms with E-state index in [4.69, 9.17) is 0 Å². The van der Waals surface area contributed by atoms with Crippen molar-refractivity contribution < 1.29 is 0 Å². The topological polar surface area (TPSA) is 24.1 Å². The summed E-state index contributed by atoms with van der Waals surface area (Å²) in [6.45, 7) is 4.16. The number of likely N-dealkylation sites (N-methyl/N-ethyl adjacent to an activating group) is 2. The third kappa shape index (κ3) is 2.59. The molecule has 0 saturated heterocycles. The molecule has 0 bridgehead atoms. The highest BCUT2D eigenvalue weighted by Gasteiger charge is 2.07. The van der Waals surface area contributed by atoms with E-state index < -0.39 is 0 Å². The number of rotatable bonds is 5. The highest BCUT2D eigenvalue weighted by Crippen LogP contribution is 2.17. The van der Waals surface area contributed by atoms with Crippen LogP contribution >= 0.6 is 11.3 Å². The highest BCUT2D eigenvalue weighted by molar-refractivity contribution is 7.10. The maximum atomic E-state index is 3.33. The van der Waals surface area contributed by atoms with Crippen LogP contribution in [0.4, 0.5) is 0 Å². The molecule has 1 rings (SSSR count). The van der Waals surface area contributed by atoms with Crippen molar-refractivity contribution in [3.8, 4) is 0 Å². The smallest absolute Gasteiger partial charge is 0.0539 e. The monoisotopic (exact) mass is 184 g/mol. The summed E-state index contributed by atoms with van der Waals surface area (Å²) in [5.41, 5.74) is 0. The lowest BCUT2D eigenvalue weighted by Crippen LogP contribution is -2.28. The first-order valence-electron chi connectivity index (χ1n) is 4.29. The highest BCUT2D eigenvalue weighted by atomic mass is 32.1. The molecule has 0 amide bonds. The van der Waals surface area contributed by atoms with Crippen molar-refractivity contribution in [3.63, 3.8) is 0 Å². The molecule has 0 saturated carbocycles. The summed E-state index contributed by atoms with van der Waals surface area (Å²) in [6, 6.07) is 4.73. The second kappa shape index (κ2) is 5.30.